The van der Waals surface area contributed by atoms with Gasteiger partial charge in [0.15, 0.2) is 0 Å². The molecule has 1 amide bonds. The molecule has 1 spiro atoms. The van der Waals surface area contributed by atoms with Crippen LogP contribution in [0.25, 0.3) is 31.6 Å². The van der Waals surface area contributed by atoms with E-state index in [9.17, 15) is 0 Å². The number of ether oxygens (including phenoxy) is 1. The molecule has 0 atom stereocenters. The first-order valence-electron chi connectivity index (χ1n) is 10.9. The topological polar surface area (TPSA) is 89.5 Å². The van der Waals surface area contributed by atoms with E-state index in [0.29, 0.717) is 5.41 Å². The van der Waals surface area contributed by atoms with Gasteiger partial charge in [0.25, 0.3) is 0 Å². The van der Waals surface area contributed by atoms with Gasteiger partial charge in [0.1, 0.15) is 16.4 Å². The number of fused-ring (bicyclic) bond motifs is 2. The number of amides is 1. The maximum absolute atomic E-state index is 8.58. The van der Waals surface area contributed by atoms with E-state index in [0.717, 1.165) is 46.0 Å². The van der Waals surface area contributed by atoms with Gasteiger partial charge in [-0.2, -0.15) is 5.10 Å². The van der Waals surface area contributed by atoms with Crippen molar-refractivity contribution >= 4 is 44.7 Å². The van der Waals surface area contributed by atoms with Crippen LogP contribution < -0.4 is 15.4 Å². The van der Waals surface area contributed by atoms with Crippen molar-refractivity contribution in [3.8, 4) is 16.2 Å². The molecule has 0 radical (unpaired) electrons. The molecule has 0 bridgehead atoms. The van der Waals surface area contributed by atoms with E-state index in [1.165, 1.54) is 29.8 Å². The Morgan fingerprint density at radius 1 is 1.15 bits per heavy atom. The number of hydrogen-bond acceptors (Lipinski definition) is 7. The molecule has 0 aliphatic carbocycles. The fourth-order valence-corrected chi connectivity index (χ4v) is 6.29. The molecule has 33 heavy (non-hydrogen) atoms. The summed E-state index contributed by atoms with van der Waals surface area (Å²) in [6, 6.07) is 10.8. The van der Waals surface area contributed by atoms with E-state index >= 15 is 0 Å². The number of thiophene rings is 1. The average molecular weight is 465 g/mol. The Bertz CT molecular complexity index is 1320. The second-order valence-electron chi connectivity index (χ2n) is 9.07. The van der Waals surface area contributed by atoms with Crippen molar-refractivity contribution in [2.24, 2.45) is 18.2 Å². The molecule has 2 aliphatic heterocycles. The summed E-state index contributed by atoms with van der Waals surface area (Å²) in [5.74, 6) is 1.96. The fraction of sp³-hybridized carbons (Fsp3) is 0.375. The standard InChI is InChI=1S/C23H25N5OS.CH3NO/c1-26-12-23(13-26)6-7-28(14-23)21-5-4-15-9-20(30-22(15)24-21)17-8-16-11-27(2)25-18(16)10-19(17)29-3;2-1-3/h4-5,8-11H,6-7,12-14H2,1-3H3;1H,(H2,2,3). The zero-order valence-corrected chi connectivity index (χ0v) is 19.9. The van der Waals surface area contributed by atoms with Crippen LogP contribution in [0.1, 0.15) is 6.42 Å². The van der Waals surface area contributed by atoms with Gasteiger partial charge in [-0.3, -0.25) is 9.48 Å². The van der Waals surface area contributed by atoms with Crippen molar-refractivity contribution in [3.63, 3.8) is 0 Å². The number of nitrogens with zero attached hydrogens (tertiary/aromatic N) is 5. The second kappa shape index (κ2) is 8.31. The third kappa shape index (κ3) is 3.91. The van der Waals surface area contributed by atoms with E-state index < -0.39 is 0 Å². The predicted octanol–water partition coefficient (Wildman–Crippen LogP) is 3.10. The SMILES string of the molecule is COc1cc2nn(C)cc2cc1-c1cc2ccc(N3CCC4(CN(C)C4)C3)nc2s1.NC=O. The maximum Gasteiger partial charge on any atom is 0.204 e. The lowest BCUT2D eigenvalue weighted by Crippen LogP contribution is -2.55. The van der Waals surface area contributed by atoms with E-state index in [-0.39, 0.29) is 6.41 Å². The number of hydrogen-bond donors (Lipinski definition) is 1. The molecule has 0 saturated carbocycles. The summed E-state index contributed by atoms with van der Waals surface area (Å²) in [5.41, 5.74) is 6.70. The summed E-state index contributed by atoms with van der Waals surface area (Å²) in [4.78, 5) is 20.8. The molecular weight excluding hydrogens is 436 g/mol. The molecule has 4 aromatic rings. The summed E-state index contributed by atoms with van der Waals surface area (Å²) in [6.45, 7) is 4.66. The second-order valence-corrected chi connectivity index (χ2v) is 10.1. The summed E-state index contributed by atoms with van der Waals surface area (Å²) >= 11 is 1.74. The number of anilines is 1. The fourth-order valence-electron chi connectivity index (χ4n) is 5.24. The molecule has 9 heteroatoms. The Balaban J connectivity index is 0.000000724. The van der Waals surface area contributed by atoms with Gasteiger partial charge < -0.3 is 20.3 Å². The Hall–Kier alpha value is -3.17. The van der Waals surface area contributed by atoms with Crippen LogP contribution >= 0.6 is 11.3 Å². The van der Waals surface area contributed by atoms with Crippen molar-refractivity contribution in [3.05, 3.63) is 36.5 Å². The quantitative estimate of drug-likeness (QED) is 0.469. The molecule has 0 unspecified atom stereocenters. The highest BCUT2D eigenvalue weighted by atomic mass is 32.1. The van der Waals surface area contributed by atoms with Gasteiger partial charge in [0.2, 0.25) is 6.41 Å². The maximum atomic E-state index is 8.58. The van der Waals surface area contributed by atoms with Gasteiger partial charge in [0.05, 0.1) is 12.6 Å². The van der Waals surface area contributed by atoms with Crippen molar-refractivity contribution in [2.45, 2.75) is 6.42 Å². The number of primary amides is 1. The lowest BCUT2D eigenvalue weighted by molar-refractivity contribution is -0.106. The molecule has 2 fully saturated rings. The van der Waals surface area contributed by atoms with Crippen molar-refractivity contribution in [2.75, 3.05) is 45.2 Å². The zero-order chi connectivity index (χ0) is 23.2. The number of carbonyl (C=O) groups excluding carboxylic acids is 1. The highest BCUT2D eigenvalue weighted by molar-refractivity contribution is 7.21. The van der Waals surface area contributed by atoms with Gasteiger partial charge in [-0.15, -0.1) is 11.3 Å². The molecule has 2 saturated heterocycles. The van der Waals surface area contributed by atoms with Crippen LogP contribution in [0.4, 0.5) is 5.82 Å². The molecule has 2 aliphatic rings. The van der Waals surface area contributed by atoms with E-state index in [4.69, 9.17) is 14.5 Å². The average Bonchev–Trinajstić information content (AvgIpc) is 3.47. The van der Waals surface area contributed by atoms with Gasteiger partial charge in [-0.25, -0.2) is 4.98 Å². The van der Waals surface area contributed by atoms with E-state index in [1.807, 2.05) is 24.0 Å². The smallest absolute Gasteiger partial charge is 0.204 e. The van der Waals surface area contributed by atoms with E-state index in [2.05, 4.69) is 51.9 Å². The van der Waals surface area contributed by atoms with Crippen molar-refractivity contribution in [1.82, 2.24) is 19.7 Å². The van der Waals surface area contributed by atoms with E-state index in [1.54, 1.807) is 18.4 Å². The lowest BCUT2D eigenvalue weighted by atomic mass is 9.79. The lowest BCUT2D eigenvalue weighted by Gasteiger charge is -2.46. The Morgan fingerprint density at radius 3 is 2.67 bits per heavy atom. The highest BCUT2D eigenvalue weighted by Gasteiger charge is 2.46. The highest BCUT2D eigenvalue weighted by Crippen LogP contribution is 2.42. The minimum Gasteiger partial charge on any atom is -0.496 e. The number of nitrogens with two attached hydrogens (primary N) is 1. The first-order valence-corrected chi connectivity index (χ1v) is 11.8. The largest absolute Gasteiger partial charge is 0.496 e. The molecule has 1 aromatic carbocycles. The number of rotatable bonds is 3. The van der Waals surface area contributed by atoms with Crippen LogP contribution in [0.3, 0.4) is 0 Å². The number of likely N-dealkylation sites (tertiary alicyclic amines) is 1. The third-order valence-electron chi connectivity index (χ3n) is 6.55. The van der Waals surface area contributed by atoms with Crippen LogP contribution in [-0.2, 0) is 11.8 Å². The van der Waals surface area contributed by atoms with Crippen LogP contribution in [0.5, 0.6) is 5.75 Å². The number of methoxy groups -OCH3 is 1. The minimum absolute atomic E-state index is 0.250. The molecule has 8 nitrogen and oxygen atoms in total. The Kier molecular flexibility index (Phi) is 5.46. The summed E-state index contributed by atoms with van der Waals surface area (Å²) in [5, 5.41) is 6.80. The summed E-state index contributed by atoms with van der Waals surface area (Å²) < 4.78 is 7.54. The van der Waals surface area contributed by atoms with Crippen LogP contribution in [0.2, 0.25) is 0 Å². The van der Waals surface area contributed by atoms with Crippen molar-refractivity contribution in [1.29, 1.82) is 0 Å². The molecule has 3 aromatic heterocycles. The zero-order valence-electron chi connectivity index (χ0n) is 19.1. The first kappa shape index (κ1) is 21.7. The number of pyridine rings is 1. The molecular formula is C24H28N6O2S. The Morgan fingerprint density at radius 2 is 1.94 bits per heavy atom. The number of carbonyl (C=O) groups is 1. The van der Waals surface area contributed by atoms with Gasteiger partial charge in [0, 0.05) is 72.1 Å². The Labute approximate surface area is 196 Å². The minimum atomic E-state index is 0.250. The molecule has 172 valence electrons. The molecule has 5 heterocycles. The number of benzene rings is 1. The normalized spacial score (nSPS) is 17.2. The molecule has 2 N–H and O–H groups in total. The summed E-state index contributed by atoms with van der Waals surface area (Å²) in [7, 11) is 5.88. The predicted molar refractivity (Wildman–Crippen MR) is 133 cm³/mol. The van der Waals surface area contributed by atoms with Crippen LogP contribution in [0.15, 0.2) is 36.5 Å². The monoisotopic (exact) mass is 464 g/mol. The van der Waals surface area contributed by atoms with Gasteiger partial charge in [-0.05, 0) is 37.7 Å². The van der Waals surface area contributed by atoms with Crippen LogP contribution in [-0.4, -0.2) is 66.4 Å². The van der Waals surface area contributed by atoms with Crippen molar-refractivity contribution < 1.29 is 9.53 Å². The van der Waals surface area contributed by atoms with Gasteiger partial charge >= 0.3 is 0 Å². The molecule has 6 rings (SSSR count). The first-order chi connectivity index (χ1) is 15.9. The number of aromatic nitrogens is 3. The third-order valence-corrected chi connectivity index (χ3v) is 7.62. The van der Waals surface area contributed by atoms with Gasteiger partial charge in [-0.1, -0.05) is 0 Å². The summed E-state index contributed by atoms with van der Waals surface area (Å²) in [6.07, 6.45) is 3.57. The number of aryl methyl sites for hydroxylation is 1. The van der Waals surface area contributed by atoms with Crippen LogP contribution in [0, 0.1) is 5.41 Å².